The summed E-state index contributed by atoms with van der Waals surface area (Å²) in [6.07, 6.45) is -2.17. The van der Waals surface area contributed by atoms with Gasteiger partial charge in [0, 0.05) is 6.54 Å². The van der Waals surface area contributed by atoms with Gasteiger partial charge in [0.15, 0.2) is 0 Å². The first kappa shape index (κ1) is 24.7. The van der Waals surface area contributed by atoms with Crippen LogP contribution in [0.25, 0.3) is 0 Å². The lowest BCUT2D eigenvalue weighted by molar-refractivity contribution is -0.137. The van der Waals surface area contributed by atoms with E-state index in [1.807, 2.05) is 32.0 Å². The SMILES string of the molecule is CCc1ccc(CC)c(CNC(=O)[C@H](C)N(c2cccc(C(F)(F)F)c2)S(C)(=O)=O)c1. The van der Waals surface area contributed by atoms with Crippen molar-refractivity contribution in [3.05, 3.63) is 64.7 Å². The number of nitrogens with zero attached hydrogens (tertiary/aromatic N) is 1. The number of carbonyl (C=O) groups is 1. The second-order valence-electron chi connectivity index (χ2n) is 7.31. The largest absolute Gasteiger partial charge is 0.416 e. The van der Waals surface area contributed by atoms with E-state index in [2.05, 4.69) is 5.32 Å². The number of alkyl halides is 3. The van der Waals surface area contributed by atoms with Gasteiger partial charge in [0.05, 0.1) is 17.5 Å². The molecule has 0 saturated carbocycles. The molecule has 0 aliphatic rings. The monoisotopic (exact) mass is 456 g/mol. The third-order valence-corrected chi connectivity index (χ3v) is 6.27. The van der Waals surface area contributed by atoms with Gasteiger partial charge in [-0.05, 0) is 54.7 Å². The van der Waals surface area contributed by atoms with Gasteiger partial charge in [-0.3, -0.25) is 9.10 Å². The van der Waals surface area contributed by atoms with E-state index in [-0.39, 0.29) is 12.2 Å². The van der Waals surface area contributed by atoms with Crippen LogP contribution in [0.2, 0.25) is 0 Å². The van der Waals surface area contributed by atoms with Crippen molar-refractivity contribution in [2.24, 2.45) is 0 Å². The molecule has 9 heteroatoms. The number of amides is 1. The summed E-state index contributed by atoms with van der Waals surface area (Å²) in [4.78, 5) is 12.8. The average molecular weight is 457 g/mol. The lowest BCUT2D eigenvalue weighted by atomic mass is 10.0. The molecule has 0 radical (unpaired) electrons. The van der Waals surface area contributed by atoms with E-state index in [1.54, 1.807) is 0 Å². The average Bonchev–Trinajstić information content (AvgIpc) is 2.70. The molecule has 31 heavy (non-hydrogen) atoms. The minimum absolute atomic E-state index is 0.195. The molecule has 1 atom stereocenters. The Bertz CT molecular complexity index is 1040. The van der Waals surface area contributed by atoms with Gasteiger partial charge in [-0.1, -0.05) is 38.1 Å². The predicted molar refractivity (Wildman–Crippen MR) is 115 cm³/mol. The first-order valence-corrected chi connectivity index (χ1v) is 11.8. The fourth-order valence-electron chi connectivity index (χ4n) is 3.37. The molecule has 0 aliphatic carbocycles. The molecule has 0 bridgehead atoms. The Morgan fingerprint density at radius 2 is 1.74 bits per heavy atom. The number of halogens is 3. The highest BCUT2D eigenvalue weighted by atomic mass is 32.2. The number of rotatable bonds is 8. The molecule has 2 rings (SSSR count). The number of hydrogen-bond donors (Lipinski definition) is 1. The zero-order valence-electron chi connectivity index (χ0n) is 18.0. The molecule has 0 heterocycles. The fraction of sp³-hybridized carbons (Fsp3) is 0.409. The highest BCUT2D eigenvalue weighted by Crippen LogP contribution is 2.32. The smallest absolute Gasteiger partial charge is 0.350 e. The Morgan fingerprint density at radius 3 is 2.29 bits per heavy atom. The van der Waals surface area contributed by atoms with Crippen LogP contribution in [-0.2, 0) is 40.4 Å². The molecular formula is C22H27F3N2O3S. The van der Waals surface area contributed by atoms with Crippen molar-refractivity contribution in [1.82, 2.24) is 5.32 Å². The Kier molecular flexibility index (Phi) is 7.75. The second-order valence-corrected chi connectivity index (χ2v) is 9.17. The van der Waals surface area contributed by atoms with Crippen LogP contribution in [0.1, 0.15) is 43.0 Å². The summed E-state index contributed by atoms with van der Waals surface area (Å²) in [6, 6.07) is 8.70. The van der Waals surface area contributed by atoms with Gasteiger partial charge < -0.3 is 5.32 Å². The van der Waals surface area contributed by atoms with Crippen molar-refractivity contribution < 1.29 is 26.4 Å². The van der Waals surface area contributed by atoms with Crippen LogP contribution in [0.15, 0.2) is 42.5 Å². The zero-order valence-corrected chi connectivity index (χ0v) is 18.8. The molecular weight excluding hydrogens is 429 g/mol. The second kappa shape index (κ2) is 9.72. The Labute approximate surface area is 181 Å². The highest BCUT2D eigenvalue weighted by Gasteiger charge is 2.34. The molecule has 1 amide bonds. The fourth-order valence-corrected chi connectivity index (χ4v) is 4.53. The van der Waals surface area contributed by atoms with Crippen molar-refractivity contribution in [1.29, 1.82) is 0 Å². The molecule has 0 unspecified atom stereocenters. The van der Waals surface area contributed by atoms with Gasteiger partial charge in [-0.2, -0.15) is 13.2 Å². The summed E-state index contributed by atoms with van der Waals surface area (Å²) >= 11 is 0. The number of aryl methyl sites for hydroxylation is 2. The minimum atomic E-state index is -4.63. The van der Waals surface area contributed by atoms with Crippen LogP contribution in [-0.4, -0.2) is 26.6 Å². The van der Waals surface area contributed by atoms with E-state index in [1.165, 1.54) is 13.0 Å². The van der Waals surface area contributed by atoms with E-state index in [9.17, 15) is 26.4 Å². The van der Waals surface area contributed by atoms with Gasteiger partial charge in [0.2, 0.25) is 15.9 Å². The zero-order chi connectivity index (χ0) is 23.4. The summed E-state index contributed by atoms with van der Waals surface area (Å²) in [6.45, 7) is 5.55. The van der Waals surface area contributed by atoms with Gasteiger partial charge in [0.1, 0.15) is 6.04 Å². The summed E-state index contributed by atoms with van der Waals surface area (Å²) < 4.78 is 64.7. The maximum Gasteiger partial charge on any atom is 0.416 e. The van der Waals surface area contributed by atoms with Crippen molar-refractivity contribution >= 4 is 21.6 Å². The number of nitrogens with one attached hydrogen (secondary N) is 1. The number of sulfonamides is 1. The van der Waals surface area contributed by atoms with E-state index in [0.29, 0.717) is 4.31 Å². The van der Waals surface area contributed by atoms with Gasteiger partial charge in [-0.25, -0.2) is 8.42 Å². The van der Waals surface area contributed by atoms with Gasteiger partial charge >= 0.3 is 6.18 Å². The lowest BCUT2D eigenvalue weighted by Gasteiger charge is -2.29. The molecule has 170 valence electrons. The molecule has 0 aliphatic heterocycles. The molecule has 0 fully saturated rings. The lowest BCUT2D eigenvalue weighted by Crippen LogP contribution is -2.47. The Morgan fingerprint density at radius 1 is 1.06 bits per heavy atom. The number of anilines is 1. The maximum absolute atomic E-state index is 13.1. The van der Waals surface area contributed by atoms with Crippen molar-refractivity contribution in [2.45, 2.75) is 52.4 Å². The van der Waals surface area contributed by atoms with E-state index in [0.717, 1.165) is 54.0 Å². The number of carbonyl (C=O) groups excluding carboxylic acids is 1. The van der Waals surface area contributed by atoms with Crippen molar-refractivity contribution in [3.63, 3.8) is 0 Å². The predicted octanol–water partition coefficient (Wildman–Crippen LogP) is 4.30. The molecule has 0 aromatic heterocycles. The van der Waals surface area contributed by atoms with Crippen molar-refractivity contribution in [3.8, 4) is 0 Å². The summed E-state index contributed by atoms with van der Waals surface area (Å²) in [5.41, 5.74) is 1.88. The maximum atomic E-state index is 13.1. The van der Waals surface area contributed by atoms with E-state index >= 15 is 0 Å². The Balaban J connectivity index is 2.29. The van der Waals surface area contributed by atoms with Crippen LogP contribution in [0.4, 0.5) is 18.9 Å². The number of hydrogen-bond acceptors (Lipinski definition) is 3. The minimum Gasteiger partial charge on any atom is -0.350 e. The van der Waals surface area contributed by atoms with E-state index in [4.69, 9.17) is 0 Å². The topological polar surface area (TPSA) is 66.5 Å². The van der Waals surface area contributed by atoms with Crippen molar-refractivity contribution in [2.75, 3.05) is 10.6 Å². The highest BCUT2D eigenvalue weighted by molar-refractivity contribution is 7.92. The normalized spacial score (nSPS) is 13.0. The van der Waals surface area contributed by atoms with Gasteiger partial charge in [-0.15, -0.1) is 0 Å². The number of benzene rings is 2. The molecule has 1 N–H and O–H groups in total. The third kappa shape index (κ3) is 6.22. The van der Waals surface area contributed by atoms with Crippen LogP contribution < -0.4 is 9.62 Å². The first-order chi connectivity index (χ1) is 14.4. The van der Waals surface area contributed by atoms with Crippen LogP contribution >= 0.6 is 0 Å². The third-order valence-electron chi connectivity index (χ3n) is 5.03. The first-order valence-electron chi connectivity index (χ1n) is 9.93. The van der Waals surface area contributed by atoms with Crippen LogP contribution in [0.3, 0.4) is 0 Å². The quantitative estimate of drug-likeness (QED) is 0.644. The molecule has 0 saturated heterocycles. The molecule has 2 aromatic rings. The molecule has 5 nitrogen and oxygen atoms in total. The van der Waals surface area contributed by atoms with E-state index < -0.39 is 33.7 Å². The van der Waals surface area contributed by atoms with Crippen LogP contribution in [0.5, 0.6) is 0 Å². The van der Waals surface area contributed by atoms with Crippen LogP contribution in [0, 0.1) is 0 Å². The summed E-state index contributed by atoms with van der Waals surface area (Å²) in [5, 5.41) is 2.72. The van der Waals surface area contributed by atoms with Gasteiger partial charge in [0.25, 0.3) is 0 Å². The summed E-state index contributed by atoms with van der Waals surface area (Å²) in [7, 11) is -4.03. The molecule has 2 aromatic carbocycles. The Hall–Kier alpha value is -2.55. The summed E-state index contributed by atoms with van der Waals surface area (Å²) in [5.74, 6) is -0.605. The standard InChI is InChI=1S/C22H27F3N2O3S/c1-5-16-10-11-17(6-2)18(12-16)14-26-21(28)15(3)27(31(4,29)30)20-9-7-8-19(13-20)22(23,24)25/h7-13,15H,5-6,14H2,1-4H3,(H,26,28)/t15-/m0/s1. The molecule has 0 spiro atoms.